The summed E-state index contributed by atoms with van der Waals surface area (Å²) < 4.78 is 10.1. The molecule has 1 aromatic carbocycles. The van der Waals surface area contributed by atoms with E-state index in [1.165, 1.54) is 11.4 Å². The summed E-state index contributed by atoms with van der Waals surface area (Å²) in [5, 5.41) is 12.2. The minimum absolute atomic E-state index is 0.235. The maximum Gasteiger partial charge on any atom is 0.216 e. The first kappa shape index (κ1) is 20.4. The summed E-state index contributed by atoms with van der Waals surface area (Å²) >= 11 is 11.2. The Bertz CT molecular complexity index is 1030. The third kappa shape index (κ3) is 4.72. The van der Waals surface area contributed by atoms with Gasteiger partial charge in [-0.25, -0.2) is 5.10 Å². The van der Waals surface area contributed by atoms with E-state index in [9.17, 15) is 0 Å². The van der Waals surface area contributed by atoms with Gasteiger partial charge in [0.2, 0.25) is 4.77 Å². The molecule has 0 saturated heterocycles. The molecule has 1 N–H and O–H groups in total. The van der Waals surface area contributed by atoms with Crippen LogP contribution in [-0.2, 0) is 13.2 Å². The molecule has 0 fully saturated rings. The number of aryl methyl sites for hydroxylation is 1. The summed E-state index contributed by atoms with van der Waals surface area (Å²) in [5.41, 5.74) is 3.46. The Labute approximate surface area is 174 Å². The number of hydrogen-bond donors (Lipinski definition) is 1. The van der Waals surface area contributed by atoms with E-state index in [0.29, 0.717) is 27.3 Å². The van der Waals surface area contributed by atoms with Crippen molar-refractivity contribution in [2.75, 3.05) is 0 Å². The Morgan fingerprint density at radius 1 is 1.29 bits per heavy atom. The molecule has 3 aromatic rings. The normalized spacial score (nSPS) is 11.6. The smallest absolute Gasteiger partial charge is 0.216 e. The molecule has 0 radical (unpaired) electrons. The molecule has 2 heterocycles. The molecule has 6 nitrogen and oxygen atoms in total. The molecular formula is C20H24ClN5OS. The van der Waals surface area contributed by atoms with E-state index in [4.69, 9.17) is 28.6 Å². The second kappa shape index (κ2) is 8.75. The van der Waals surface area contributed by atoms with Gasteiger partial charge >= 0.3 is 0 Å². The van der Waals surface area contributed by atoms with Gasteiger partial charge in [-0.05, 0) is 62.3 Å². The average molecular weight is 418 g/mol. The molecule has 0 atom stereocenters. The van der Waals surface area contributed by atoms with Crippen LogP contribution in [0.2, 0.25) is 5.02 Å². The lowest BCUT2D eigenvalue weighted by Crippen LogP contribution is -2.08. The van der Waals surface area contributed by atoms with Crippen molar-refractivity contribution < 1.29 is 4.74 Å². The fraction of sp³-hybridized carbons (Fsp3) is 0.350. The van der Waals surface area contributed by atoms with E-state index >= 15 is 0 Å². The Morgan fingerprint density at radius 3 is 2.68 bits per heavy atom. The van der Waals surface area contributed by atoms with Crippen molar-refractivity contribution >= 4 is 30.0 Å². The molecule has 0 amide bonds. The molecule has 148 valence electrons. The summed E-state index contributed by atoms with van der Waals surface area (Å²) in [7, 11) is 0. The number of aromatic amines is 1. The molecule has 2 aromatic heterocycles. The van der Waals surface area contributed by atoms with Crippen LogP contribution in [0, 0.1) is 24.5 Å². The highest BCUT2D eigenvalue weighted by Gasteiger charge is 2.10. The fourth-order valence-corrected chi connectivity index (χ4v) is 3.26. The first-order valence-electron chi connectivity index (χ1n) is 9.11. The van der Waals surface area contributed by atoms with E-state index in [1.807, 2.05) is 6.21 Å². The molecule has 0 bridgehead atoms. The molecule has 0 saturated carbocycles. The summed E-state index contributed by atoms with van der Waals surface area (Å²) in [6.45, 7) is 9.86. The molecule has 0 aliphatic heterocycles. The zero-order chi connectivity index (χ0) is 20.3. The van der Waals surface area contributed by atoms with Crippen LogP contribution >= 0.6 is 23.8 Å². The number of H-pyrrole nitrogens is 1. The average Bonchev–Trinajstić information content (AvgIpc) is 3.13. The van der Waals surface area contributed by atoms with Gasteiger partial charge < -0.3 is 9.30 Å². The topological polar surface area (TPSA) is 60.1 Å². The molecule has 8 heteroatoms. The van der Waals surface area contributed by atoms with Crippen LogP contribution in [0.4, 0.5) is 0 Å². The van der Waals surface area contributed by atoms with E-state index < -0.39 is 0 Å². The van der Waals surface area contributed by atoms with Crippen molar-refractivity contribution in [3.63, 3.8) is 0 Å². The highest BCUT2D eigenvalue weighted by atomic mass is 35.5. The minimum Gasteiger partial charge on any atom is -0.486 e. The van der Waals surface area contributed by atoms with Gasteiger partial charge in [-0.15, -0.1) is 0 Å². The van der Waals surface area contributed by atoms with Crippen molar-refractivity contribution in [1.29, 1.82) is 0 Å². The second-order valence-electron chi connectivity index (χ2n) is 7.07. The lowest BCUT2D eigenvalue weighted by atomic mass is 10.2. The van der Waals surface area contributed by atoms with Crippen LogP contribution in [0.3, 0.4) is 0 Å². The maximum atomic E-state index is 5.90. The summed E-state index contributed by atoms with van der Waals surface area (Å²) in [6.07, 6.45) is 1.82. The van der Waals surface area contributed by atoms with Crippen molar-refractivity contribution in [1.82, 2.24) is 19.4 Å². The van der Waals surface area contributed by atoms with Crippen molar-refractivity contribution in [2.24, 2.45) is 11.0 Å². The van der Waals surface area contributed by atoms with Crippen LogP contribution in [0.5, 0.6) is 5.75 Å². The summed E-state index contributed by atoms with van der Waals surface area (Å²) in [6, 6.07) is 9.30. The van der Waals surface area contributed by atoms with Crippen molar-refractivity contribution in [3.05, 3.63) is 62.9 Å². The predicted octanol–water partition coefficient (Wildman–Crippen LogP) is 5.13. The number of hydrogen-bond acceptors (Lipinski definition) is 4. The number of nitrogens with zero attached hydrogens (tertiary/aromatic N) is 4. The van der Waals surface area contributed by atoms with Gasteiger partial charge in [-0.3, -0.25) is 0 Å². The Morgan fingerprint density at radius 2 is 2.00 bits per heavy atom. The van der Waals surface area contributed by atoms with E-state index in [-0.39, 0.29) is 6.61 Å². The Balaban J connectivity index is 1.79. The summed E-state index contributed by atoms with van der Waals surface area (Å²) in [5.74, 6) is 1.87. The molecule has 28 heavy (non-hydrogen) atoms. The van der Waals surface area contributed by atoms with Gasteiger partial charge in [0.25, 0.3) is 0 Å². The Kier molecular flexibility index (Phi) is 6.36. The van der Waals surface area contributed by atoms with E-state index in [2.05, 4.69) is 53.6 Å². The van der Waals surface area contributed by atoms with E-state index in [0.717, 1.165) is 12.1 Å². The fourth-order valence-electron chi connectivity index (χ4n) is 2.94. The van der Waals surface area contributed by atoms with Gasteiger partial charge in [0, 0.05) is 28.5 Å². The van der Waals surface area contributed by atoms with Gasteiger partial charge in [0.1, 0.15) is 12.4 Å². The van der Waals surface area contributed by atoms with E-state index in [1.54, 1.807) is 28.9 Å². The molecule has 0 aliphatic carbocycles. The highest BCUT2D eigenvalue weighted by molar-refractivity contribution is 7.71. The van der Waals surface area contributed by atoms with Gasteiger partial charge in [0.05, 0.1) is 6.21 Å². The highest BCUT2D eigenvalue weighted by Crippen LogP contribution is 2.17. The van der Waals surface area contributed by atoms with Crippen molar-refractivity contribution in [3.8, 4) is 5.75 Å². The third-order valence-electron chi connectivity index (χ3n) is 4.37. The molecule has 0 aliphatic rings. The first-order chi connectivity index (χ1) is 13.3. The Hall–Kier alpha value is -2.38. The number of ether oxygens (including phenoxy) is 1. The molecular weight excluding hydrogens is 394 g/mol. The molecule has 0 spiro atoms. The predicted molar refractivity (Wildman–Crippen MR) is 115 cm³/mol. The molecule has 0 unspecified atom stereocenters. The zero-order valence-corrected chi connectivity index (χ0v) is 18.0. The number of aromatic nitrogens is 4. The SMILES string of the molecule is Cc1cc(/C=N\n2c(COc3ccc(Cl)cc3)n[nH]c2=S)c(C)n1CC(C)C. The van der Waals surface area contributed by atoms with Crippen LogP contribution in [-0.4, -0.2) is 25.7 Å². The lowest BCUT2D eigenvalue weighted by molar-refractivity contribution is 0.290. The third-order valence-corrected chi connectivity index (χ3v) is 4.89. The van der Waals surface area contributed by atoms with Gasteiger partial charge in [-0.2, -0.15) is 14.9 Å². The van der Waals surface area contributed by atoms with Crippen LogP contribution in [0.1, 0.15) is 36.6 Å². The molecule has 3 rings (SSSR count). The quantitative estimate of drug-likeness (QED) is 0.428. The number of nitrogens with one attached hydrogen (secondary N) is 1. The number of halogens is 1. The zero-order valence-electron chi connectivity index (χ0n) is 16.4. The monoisotopic (exact) mass is 417 g/mol. The van der Waals surface area contributed by atoms with Crippen LogP contribution < -0.4 is 4.74 Å². The second-order valence-corrected chi connectivity index (χ2v) is 7.90. The van der Waals surface area contributed by atoms with Crippen LogP contribution in [0.15, 0.2) is 35.4 Å². The number of rotatable bonds is 7. The van der Waals surface area contributed by atoms with Crippen molar-refractivity contribution in [2.45, 2.75) is 40.8 Å². The number of benzene rings is 1. The standard InChI is InChI=1S/C20H24ClN5OS/c1-13(2)11-25-14(3)9-16(15(25)4)10-22-26-19(23-24-20(26)28)12-27-18-7-5-17(21)6-8-18/h5-10,13H,11-12H2,1-4H3,(H,24,28)/b22-10-. The van der Waals surface area contributed by atoms with Gasteiger partial charge in [0.15, 0.2) is 5.82 Å². The maximum absolute atomic E-state index is 5.90. The largest absolute Gasteiger partial charge is 0.486 e. The summed E-state index contributed by atoms with van der Waals surface area (Å²) in [4.78, 5) is 0. The minimum atomic E-state index is 0.235. The van der Waals surface area contributed by atoms with Gasteiger partial charge in [-0.1, -0.05) is 25.4 Å². The lowest BCUT2D eigenvalue weighted by Gasteiger charge is -2.11. The first-order valence-corrected chi connectivity index (χ1v) is 9.89. The van der Waals surface area contributed by atoms with Crippen LogP contribution in [0.25, 0.3) is 0 Å².